The molecule has 1 aliphatic heterocycles. The van der Waals surface area contributed by atoms with Gasteiger partial charge in [0, 0.05) is 12.5 Å². The van der Waals surface area contributed by atoms with E-state index in [2.05, 4.69) is 0 Å². The molecule has 3 rings (SSSR count). The SMILES string of the molecule is C[C@H](O[C@H]1[C@H](c2ccccc2)CN(C(=O)OC(C)(C)C)[C@H]1CO)c1cc(C(F)(F)F)cc(C(F)(F)F)c1. The zero-order valence-corrected chi connectivity index (χ0v) is 20.7. The number of hydrogen-bond donors (Lipinski definition) is 1. The number of likely N-dealkylation sites (tertiary alicyclic amines) is 1. The third-order valence-electron chi connectivity index (χ3n) is 6.05. The van der Waals surface area contributed by atoms with Gasteiger partial charge < -0.3 is 14.6 Å². The molecule has 4 atom stereocenters. The Kier molecular flexibility index (Phi) is 8.19. The number of nitrogens with zero attached hydrogens (tertiary/aromatic N) is 1. The van der Waals surface area contributed by atoms with Crippen LogP contribution in [-0.2, 0) is 21.8 Å². The maximum absolute atomic E-state index is 13.4. The van der Waals surface area contributed by atoms with E-state index in [0.717, 1.165) is 5.56 Å². The lowest BCUT2D eigenvalue weighted by Gasteiger charge is -2.31. The number of carbonyl (C=O) groups excluding carboxylic acids is 1. The Morgan fingerprint density at radius 1 is 1.00 bits per heavy atom. The van der Waals surface area contributed by atoms with Crippen LogP contribution in [0.5, 0.6) is 0 Å². The Bertz CT molecular complexity index is 1050. The van der Waals surface area contributed by atoms with Crippen LogP contribution in [-0.4, -0.2) is 47.0 Å². The minimum absolute atomic E-state index is 0.0549. The van der Waals surface area contributed by atoms with Gasteiger partial charge >= 0.3 is 18.4 Å². The molecule has 1 aliphatic rings. The van der Waals surface area contributed by atoms with Crippen molar-refractivity contribution in [3.63, 3.8) is 0 Å². The van der Waals surface area contributed by atoms with E-state index in [1.165, 1.54) is 11.8 Å². The minimum atomic E-state index is -5.00. The lowest BCUT2D eigenvalue weighted by atomic mass is 9.93. The van der Waals surface area contributed by atoms with Gasteiger partial charge in [0.1, 0.15) is 5.60 Å². The second kappa shape index (κ2) is 10.5. The Balaban J connectivity index is 2.00. The molecule has 1 saturated heterocycles. The van der Waals surface area contributed by atoms with Crippen molar-refractivity contribution in [3.8, 4) is 0 Å². The molecule has 0 unspecified atom stereocenters. The molecule has 1 fully saturated rings. The van der Waals surface area contributed by atoms with Gasteiger partial charge in [-0.1, -0.05) is 30.3 Å². The van der Waals surface area contributed by atoms with Crippen molar-refractivity contribution < 1.29 is 45.7 Å². The minimum Gasteiger partial charge on any atom is -0.444 e. The maximum Gasteiger partial charge on any atom is 0.416 e. The third kappa shape index (κ3) is 6.95. The van der Waals surface area contributed by atoms with E-state index in [0.29, 0.717) is 12.1 Å². The van der Waals surface area contributed by atoms with Gasteiger partial charge in [-0.05, 0) is 57.0 Å². The van der Waals surface area contributed by atoms with Gasteiger partial charge in [-0.3, -0.25) is 4.90 Å². The monoisotopic (exact) mass is 533 g/mol. The Labute approximate surface area is 211 Å². The molecule has 1 N–H and O–H groups in total. The third-order valence-corrected chi connectivity index (χ3v) is 6.05. The molecule has 0 bridgehead atoms. The van der Waals surface area contributed by atoms with Gasteiger partial charge in [-0.2, -0.15) is 26.3 Å². The maximum atomic E-state index is 13.4. The van der Waals surface area contributed by atoms with Gasteiger partial charge in [-0.25, -0.2) is 4.79 Å². The summed E-state index contributed by atoms with van der Waals surface area (Å²) in [5.41, 5.74) is -3.34. The topological polar surface area (TPSA) is 59.0 Å². The number of aliphatic hydroxyl groups is 1. The Morgan fingerprint density at radius 2 is 1.54 bits per heavy atom. The van der Waals surface area contributed by atoms with Crippen LogP contribution in [0.1, 0.15) is 62.0 Å². The largest absolute Gasteiger partial charge is 0.444 e. The standard InChI is InChI=1S/C26H29F6NO4/c1-15(17-10-18(25(27,28)29)12-19(11-17)26(30,31)32)36-22-20(16-8-6-5-7-9-16)13-33(21(22)14-34)23(35)37-24(2,3)4/h5-12,15,20-22,34H,13-14H2,1-4H3/t15-,20-,21-,22-/m0/s1. The van der Waals surface area contributed by atoms with Crippen LogP contribution < -0.4 is 0 Å². The second-order valence-corrected chi connectivity index (χ2v) is 9.98. The summed E-state index contributed by atoms with van der Waals surface area (Å²) < 4.78 is 91.8. The quantitative estimate of drug-likeness (QED) is 0.442. The van der Waals surface area contributed by atoms with Gasteiger partial charge in [0.25, 0.3) is 0 Å². The van der Waals surface area contributed by atoms with Crippen LogP contribution in [0.15, 0.2) is 48.5 Å². The van der Waals surface area contributed by atoms with E-state index in [9.17, 15) is 36.2 Å². The predicted molar refractivity (Wildman–Crippen MR) is 123 cm³/mol. The van der Waals surface area contributed by atoms with E-state index in [-0.39, 0.29) is 18.2 Å². The number of amides is 1. The van der Waals surface area contributed by atoms with Gasteiger partial charge in [0.2, 0.25) is 0 Å². The Hall–Kier alpha value is -2.79. The second-order valence-electron chi connectivity index (χ2n) is 9.98. The average molecular weight is 534 g/mol. The van der Waals surface area contributed by atoms with Crippen molar-refractivity contribution in [2.24, 2.45) is 0 Å². The first-order chi connectivity index (χ1) is 17.0. The highest BCUT2D eigenvalue weighted by Crippen LogP contribution is 2.41. The van der Waals surface area contributed by atoms with Crippen LogP contribution in [0.25, 0.3) is 0 Å². The summed E-state index contributed by atoms with van der Waals surface area (Å²) in [5.74, 6) is -0.527. The fraction of sp³-hybridized carbons (Fsp3) is 0.500. The van der Waals surface area contributed by atoms with Crippen molar-refractivity contribution in [3.05, 3.63) is 70.8 Å². The highest BCUT2D eigenvalue weighted by atomic mass is 19.4. The summed E-state index contributed by atoms with van der Waals surface area (Å²) in [5, 5.41) is 10.2. The zero-order chi connectivity index (χ0) is 27.8. The fourth-order valence-electron chi connectivity index (χ4n) is 4.34. The summed E-state index contributed by atoms with van der Waals surface area (Å²) in [6.07, 6.45) is -12.9. The van der Waals surface area contributed by atoms with E-state index < -0.39 is 65.9 Å². The molecule has 2 aromatic carbocycles. The smallest absolute Gasteiger partial charge is 0.416 e. The van der Waals surface area contributed by atoms with E-state index >= 15 is 0 Å². The highest BCUT2D eigenvalue weighted by Gasteiger charge is 2.47. The first-order valence-electron chi connectivity index (χ1n) is 11.6. The number of rotatable bonds is 5. The first kappa shape index (κ1) is 28.8. The molecule has 0 saturated carbocycles. The molecular weight excluding hydrogens is 504 g/mol. The normalized spacial score (nSPS) is 21.7. The first-order valence-corrected chi connectivity index (χ1v) is 11.6. The van der Waals surface area contributed by atoms with Crippen LogP contribution in [0.3, 0.4) is 0 Å². The van der Waals surface area contributed by atoms with Crippen LogP contribution >= 0.6 is 0 Å². The summed E-state index contributed by atoms with van der Waals surface area (Å²) in [6.45, 7) is 5.86. The molecule has 0 aromatic heterocycles. The number of ether oxygens (including phenoxy) is 2. The molecule has 5 nitrogen and oxygen atoms in total. The molecule has 0 aliphatic carbocycles. The van der Waals surface area contributed by atoms with E-state index in [1.807, 2.05) is 0 Å². The number of halogens is 6. The molecule has 11 heteroatoms. The number of alkyl halides is 6. The highest BCUT2D eigenvalue weighted by molar-refractivity contribution is 5.69. The molecule has 0 spiro atoms. The number of hydrogen-bond acceptors (Lipinski definition) is 4. The summed E-state index contributed by atoms with van der Waals surface area (Å²) >= 11 is 0. The van der Waals surface area contributed by atoms with Crippen LogP contribution in [0.2, 0.25) is 0 Å². The molecule has 1 heterocycles. The van der Waals surface area contributed by atoms with Crippen molar-refractivity contribution >= 4 is 6.09 Å². The Morgan fingerprint density at radius 3 is 2.00 bits per heavy atom. The molecule has 1 amide bonds. The van der Waals surface area contributed by atoms with E-state index in [4.69, 9.17) is 9.47 Å². The van der Waals surface area contributed by atoms with Crippen molar-refractivity contribution in [2.75, 3.05) is 13.2 Å². The average Bonchev–Trinajstić information content (AvgIpc) is 3.15. The van der Waals surface area contributed by atoms with Crippen LogP contribution in [0.4, 0.5) is 31.1 Å². The summed E-state index contributed by atoms with van der Waals surface area (Å²) in [7, 11) is 0. The van der Waals surface area contributed by atoms with Crippen molar-refractivity contribution in [1.82, 2.24) is 4.90 Å². The predicted octanol–water partition coefficient (Wildman–Crippen LogP) is 6.57. The number of benzene rings is 2. The van der Waals surface area contributed by atoms with Crippen molar-refractivity contribution in [1.29, 1.82) is 0 Å². The summed E-state index contributed by atoms with van der Waals surface area (Å²) in [4.78, 5) is 14.2. The number of carbonyl (C=O) groups is 1. The lowest BCUT2D eigenvalue weighted by molar-refractivity contribution is -0.143. The summed E-state index contributed by atoms with van der Waals surface area (Å²) in [6, 6.07) is 9.15. The number of aliphatic hydroxyl groups excluding tert-OH is 1. The fourth-order valence-corrected chi connectivity index (χ4v) is 4.34. The van der Waals surface area contributed by atoms with Crippen molar-refractivity contribution in [2.45, 2.75) is 69.8 Å². The molecule has 0 radical (unpaired) electrons. The van der Waals surface area contributed by atoms with Gasteiger partial charge in [0.15, 0.2) is 0 Å². The molecule has 2 aromatic rings. The lowest BCUT2D eigenvalue weighted by Crippen LogP contribution is -2.45. The molecule has 204 valence electrons. The van der Waals surface area contributed by atoms with E-state index in [1.54, 1.807) is 51.1 Å². The van der Waals surface area contributed by atoms with Gasteiger partial charge in [-0.15, -0.1) is 0 Å². The van der Waals surface area contributed by atoms with Gasteiger partial charge in [0.05, 0.1) is 36.0 Å². The molecular formula is C26H29F6NO4. The molecule has 37 heavy (non-hydrogen) atoms. The van der Waals surface area contributed by atoms with Crippen LogP contribution in [0, 0.1) is 0 Å². The zero-order valence-electron chi connectivity index (χ0n) is 20.7.